The van der Waals surface area contributed by atoms with Gasteiger partial charge in [-0.1, -0.05) is 11.6 Å². The van der Waals surface area contributed by atoms with E-state index in [-0.39, 0.29) is 34.1 Å². The summed E-state index contributed by atoms with van der Waals surface area (Å²) < 4.78 is 71.1. The monoisotopic (exact) mass is 531 g/mol. The van der Waals surface area contributed by atoms with E-state index in [2.05, 4.69) is 19.3 Å². The van der Waals surface area contributed by atoms with E-state index in [4.69, 9.17) is 22.6 Å². The topological polar surface area (TPSA) is 138 Å². The maximum absolute atomic E-state index is 14.8. The highest BCUT2D eigenvalue weighted by Crippen LogP contribution is 2.35. The van der Waals surface area contributed by atoms with E-state index in [1.54, 1.807) is 0 Å². The second-order valence-electron chi connectivity index (χ2n) is 7.73. The van der Waals surface area contributed by atoms with Crippen LogP contribution < -0.4 is 5.73 Å². The maximum atomic E-state index is 14.8. The van der Waals surface area contributed by atoms with Crippen molar-refractivity contribution >= 4 is 33.3 Å². The van der Waals surface area contributed by atoms with Crippen molar-refractivity contribution in [2.24, 2.45) is 15.1 Å². The molecule has 0 bridgehead atoms. The minimum atomic E-state index is -4.74. The number of hydrogen-bond acceptors (Lipinski definition) is 8. The summed E-state index contributed by atoms with van der Waals surface area (Å²) >= 11 is 6.02. The molecule has 1 aliphatic heterocycles. The lowest BCUT2D eigenvalue weighted by Gasteiger charge is -2.38. The SMILES string of the molecule is CN=S1(=O)C[C@@](C)(c2nc(CC(=O)c3ncc(C#N)cc3Cl)ccc2F)N=C(N)N1CC(F)(F)F. The molecular formula is C20H18ClF4N7O2S. The molecule has 2 aromatic heterocycles. The van der Waals surface area contributed by atoms with E-state index in [1.165, 1.54) is 25.3 Å². The molecule has 0 saturated carbocycles. The highest BCUT2D eigenvalue weighted by Gasteiger charge is 2.46. The minimum absolute atomic E-state index is 0.0537. The van der Waals surface area contributed by atoms with Gasteiger partial charge in [-0.05, 0) is 25.1 Å². The molecule has 2 aromatic rings. The second-order valence-corrected chi connectivity index (χ2v) is 10.4. The number of aliphatic imine (C=N–C) groups is 1. The zero-order valence-electron chi connectivity index (χ0n) is 18.3. The van der Waals surface area contributed by atoms with Crippen LogP contribution in [-0.4, -0.2) is 55.7 Å². The lowest BCUT2D eigenvalue weighted by molar-refractivity contribution is -0.130. The van der Waals surface area contributed by atoms with Crippen LogP contribution in [0.25, 0.3) is 0 Å². The second kappa shape index (κ2) is 9.38. The van der Waals surface area contributed by atoms with Crippen molar-refractivity contribution in [2.75, 3.05) is 19.3 Å². The van der Waals surface area contributed by atoms with Crippen LogP contribution in [-0.2, 0) is 21.9 Å². The maximum Gasteiger partial charge on any atom is 0.407 e. The normalized spacial score (nSPS) is 22.3. The van der Waals surface area contributed by atoms with Gasteiger partial charge in [-0.3, -0.25) is 14.8 Å². The van der Waals surface area contributed by atoms with Crippen molar-refractivity contribution in [3.05, 3.63) is 57.9 Å². The molecule has 35 heavy (non-hydrogen) atoms. The predicted octanol–water partition coefficient (Wildman–Crippen LogP) is 2.99. The fourth-order valence-corrected chi connectivity index (χ4v) is 5.84. The smallest absolute Gasteiger partial charge is 0.369 e. The van der Waals surface area contributed by atoms with Gasteiger partial charge < -0.3 is 5.73 Å². The van der Waals surface area contributed by atoms with Crippen molar-refractivity contribution in [3.8, 4) is 6.07 Å². The zero-order valence-corrected chi connectivity index (χ0v) is 19.9. The van der Waals surface area contributed by atoms with Crippen LogP contribution in [0.1, 0.15) is 34.4 Å². The summed E-state index contributed by atoms with van der Waals surface area (Å²) in [6.07, 6.45) is -3.94. The molecule has 1 aliphatic rings. The summed E-state index contributed by atoms with van der Waals surface area (Å²) in [6.45, 7) is -0.344. The molecule has 3 heterocycles. The standard InChI is InChI=1S/C20H18ClF4N7O2S/c1-19(10-35(34,28-2)32(18(27)31-19)9-20(23,24)25)17-14(22)4-3-12(30-17)6-15(33)16-13(21)5-11(7-26)8-29-16/h3-5,8H,6,9-10H2,1-2H3,(H2,27,31)/t19-,35?/m0/s1. The molecule has 0 aromatic carbocycles. The Morgan fingerprint density at radius 2 is 2.11 bits per heavy atom. The van der Waals surface area contributed by atoms with Gasteiger partial charge in [0.2, 0.25) is 5.96 Å². The fourth-order valence-electron chi connectivity index (χ4n) is 3.47. The van der Waals surface area contributed by atoms with E-state index >= 15 is 0 Å². The molecule has 0 saturated heterocycles. The van der Waals surface area contributed by atoms with Gasteiger partial charge in [-0.25, -0.2) is 22.3 Å². The number of carbonyl (C=O) groups excluding carboxylic acids is 1. The third-order valence-electron chi connectivity index (χ3n) is 5.03. The third kappa shape index (κ3) is 5.51. The van der Waals surface area contributed by atoms with Gasteiger partial charge in [0.05, 0.1) is 22.8 Å². The van der Waals surface area contributed by atoms with E-state index in [1.807, 2.05) is 6.07 Å². The van der Waals surface area contributed by atoms with Crippen LogP contribution in [0.2, 0.25) is 5.02 Å². The van der Waals surface area contributed by atoms with Crippen molar-refractivity contribution in [2.45, 2.75) is 25.1 Å². The van der Waals surface area contributed by atoms with Crippen molar-refractivity contribution < 1.29 is 26.6 Å². The Kier molecular flexibility index (Phi) is 7.05. The number of halogens is 5. The number of aromatic nitrogens is 2. The fraction of sp³-hybridized carbons (Fsp3) is 0.350. The Hall–Kier alpha value is -3.31. The number of alkyl halides is 3. The summed E-state index contributed by atoms with van der Waals surface area (Å²) in [4.78, 5) is 24.7. The Morgan fingerprint density at radius 3 is 2.69 bits per heavy atom. The van der Waals surface area contributed by atoms with Gasteiger partial charge in [0, 0.05) is 18.9 Å². The van der Waals surface area contributed by atoms with Gasteiger partial charge in [0.15, 0.2) is 5.78 Å². The highest BCUT2D eigenvalue weighted by atomic mass is 35.5. The number of Topliss-reactive ketones (excluding diaryl/α,β-unsaturated/α-hetero) is 1. The van der Waals surface area contributed by atoms with Crippen LogP contribution in [0.5, 0.6) is 0 Å². The Labute approximate surface area is 202 Å². The lowest BCUT2D eigenvalue weighted by Crippen LogP contribution is -2.55. The van der Waals surface area contributed by atoms with Gasteiger partial charge >= 0.3 is 6.18 Å². The van der Waals surface area contributed by atoms with Crippen LogP contribution >= 0.6 is 11.6 Å². The molecule has 0 radical (unpaired) electrons. The average molecular weight is 532 g/mol. The lowest BCUT2D eigenvalue weighted by atomic mass is 9.99. The largest absolute Gasteiger partial charge is 0.407 e. The molecule has 0 amide bonds. The predicted molar refractivity (Wildman–Crippen MR) is 119 cm³/mol. The summed E-state index contributed by atoms with van der Waals surface area (Å²) in [7, 11) is -2.69. The van der Waals surface area contributed by atoms with E-state index in [0.717, 1.165) is 13.1 Å². The first kappa shape index (κ1) is 26.3. The minimum Gasteiger partial charge on any atom is -0.369 e. The number of carbonyl (C=O) groups is 1. The first-order valence-corrected chi connectivity index (χ1v) is 11.8. The number of nitrogens with zero attached hydrogens (tertiary/aromatic N) is 6. The van der Waals surface area contributed by atoms with Crippen LogP contribution in [0, 0.1) is 17.1 Å². The van der Waals surface area contributed by atoms with E-state index < -0.39 is 51.5 Å². The third-order valence-corrected chi connectivity index (χ3v) is 7.83. The Morgan fingerprint density at radius 1 is 1.43 bits per heavy atom. The quantitative estimate of drug-likeness (QED) is 0.465. The van der Waals surface area contributed by atoms with Gasteiger partial charge in [0.1, 0.15) is 45.3 Å². The molecule has 2 atom stereocenters. The average Bonchev–Trinajstić information content (AvgIpc) is 2.76. The van der Waals surface area contributed by atoms with Crippen molar-refractivity contribution in [3.63, 3.8) is 0 Å². The van der Waals surface area contributed by atoms with Crippen LogP contribution in [0.4, 0.5) is 17.6 Å². The van der Waals surface area contributed by atoms with Gasteiger partial charge in [-0.15, -0.1) is 0 Å². The van der Waals surface area contributed by atoms with Crippen LogP contribution in [0.15, 0.2) is 33.8 Å². The molecule has 0 aliphatic carbocycles. The molecule has 0 fully saturated rings. The molecule has 186 valence electrons. The first-order chi connectivity index (χ1) is 16.2. The molecule has 1 unspecified atom stereocenters. The number of hydrogen-bond donors (Lipinski definition) is 1. The Balaban J connectivity index is 2.00. The Bertz CT molecular complexity index is 1380. The van der Waals surface area contributed by atoms with Gasteiger partial charge in [-0.2, -0.15) is 18.4 Å². The summed E-state index contributed by atoms with van der Waals surface area (Å²) in [5, 5.41) is 8.84. The zero-order chi connectivity index (χ0) is 26.2. The molecular weight excluding hydrogens is 514 g/mol. The number of ketones is 1. The van der Waals surface area contributed by atoms with Crippen molar-refractivity contribution in [1.82, 2.24) is 14.3 Å². The molecule has 2 N–H and O–H groups in total. The van der Waals surface area contributed by atoms with Crippen LogP contribution in [0.3, 0.4) is 0 Å². The number of rotatable bonds is 5. The van der Waals surface area contributed by atoms with Gasteiger partial charge in [0.25, 0.3) is 0 Å². The van der Waals surface area contributed by atoms with E-state index in [0.29, 0.717) is 4.31 Å². The first-order valence-electron chi connectivity index (χ1n) is 9.79. The number of nitriles is 1. The number of nitrogens with two attached hydrogens (primary N) is 1. The molecule has 3 rings (SSSR count). The highest BCUT2D eigenvalue weighted by molar-refractivity contribution is 7.92. The molecule has 15 heteroatoms. The molecule has 0 spiro atoms. The summed E-state index contributed by atoms with van der Waals surface area (Å²) in [5.74, 6) is -2.83. The number of pyridine rings is 2. The van der Waals surface area contributed by atoms with E-state index in [9.17, 15) is 26.6 Å². The summed E-state index contributed by atoms with van der Waals surface area (Å²) in [5.41, 5.74) is 3.71. The number of guanidine groups is 1. The molecule has 9 nitrogen and oxygen atoms in total. The van der Waals surface area contributed by atoms with Crippen molar-refractivity contribution in [1.29, 1.82) is 5.26 Å². The summed E-state index contributed by atoms with van der Waals surface area (Å²) in [6, 6.07) is 5.33.